The maximum absolute atomic E-state index is 5.34. The first-order chi connectivity index (χ1) is 8.24. The van der Waals surface area contributed by atoms with E-state index >= 15 is 0 Å². The van der Waals surface area contributed by atoms with Crippen molar-refractivity contribution < 1.29 is 4.74 Å². The highest BCUT2D eigenvalue weighted by molar-refractivity contribution is 7.09. The number of hydrogen-bond acceptors (Lipinski definition) is 5. The fourth-order valence-electron chi connectivity index (χ4n) is 1.78. The van der Waals surface area contributed by atoms with Crippen molar-refractivity contribution in [2.75, 3.05) is 26.3 Å². The second-order valence-electron chi connectivity index (χ2n) is 4.66. The molecule has 4 nitrogen and oxygen atoms in total. The van der Waals surface area contributed by atoms with Crippen LogP contribution in [0.1, 0.15) is 24.5 Å². The third-order valence-corrected chi connectivity index (χ3v) is 3.65. The zero-order valence-corrected chi connectivity index (χ0v) is 11.4. The molecule has 0 spiro atoms. The van der Waals surface area contributed by atoms with Crippen LogP contribution in [-0.2, 0) is 17.8 Å². The summed E-state index contributed by atoms with van der Waals surface area (Å²) in [6, 6.07) is 0.515. The maximum Gasteiger partial charge on any atom is 0.107 e. The molecule has 0 radical (unpaired) electrons. The number of hydrogen-bond donors (Lipinski definition) is 1. The molecule has 0 saturated carbocycles. The van der Waals surface area contributed by atoms with Crippen LogP contribution in [0.25, 0.3) is 0 Å². The monoisotopic (exact) mass is 255 g/mol. The van der Waals surface area contributed by atoms with Crippen molar-refractivity contribution in [3.63, 3.8) is 0 Å². The highest BCUT2D eigenvalue weighted by atomic mass is 32.1. The molecule has 96 valence electrons. The Bertz CT molecular complexity index is 334. The van der Waals surface area contributed by atoms with Crippen molar-refractivity contribution in [3.8, 4) is 0 Å². The van der Waals surface area contributed by atoms with E-state index in [-0.39, 0.29) is 0 Å². The molecule has 17 heavy (non-hydrogen) atoms. The minimum Gasteiger partial charge on any atom is -0.379 e. The molecule has 2 rings (SSSR count). The Balaban J connectivity index is 1.80. The van der Waals surface area contributed by atoms with Gasteiger partial charge in [0.25, 0.3) is 0 Å². The van der Waals surface area contributed by atoms with Crippen molar-refractivity contribution in [2.45, 2.75) is 33.0 Å². The van der Waals surface area contributed by atoms with Crippen LogP contribution in [0.15, 0.2) is 5.38 Å². The fraction of sp³-hybridized carbons (Fsp3) is 0.750. The standard InChI is InChI=1S/C12H21N3OS/c1-10(2)13-7-12-14-11(9-17-12)8-15-3-5-16-6-4-15/h9-10,13H,3-8H2,1-2H3. The SMILES string of the molecule is CC(C)NCc1nc(CN2CCOCC2)cs1. The summed E-state index contributed by atoms with van der Waals surface area (Å²) in [6.07, 6.45) is 0. The Hall–Kier alpha value is -0.490. The number of morpholine rings is 1. The van der Waals surface area contributed by atoms with Gasteiger partial charge in [0.15, 0.2) is 0 Å². The van der Waals surface area contributed by atoms with Crippen LogP contribution < -0.4 is 5.32 Å². The van der Waals surface area contributed by atoms with Crippen LogP contribution in [0.2, 0.25) is 0 Å². The highest BCUT2D eigenvalue weighted by Crippen LogP contribution is 2.12. The van der Waals surface area contributed by atoms with Gasteiger partial charge >= 0.3 is 0 Å². The van der Waals surface area contributed by atoms with Crippen LogP contribution in [0.4, 0.5) is 0 Å². The van der Waals surface area contributed by atoms with Crippen molar-refractivity contribution in [3.05, 3.63) is 16.1 Å². The quantitative estimate of drug-likeness (QED) is 0.864. The van der Waals surface area contributed by atoms with Gasteiger partial charge in [-0.1, -0.05) is 13.8 Å². The van der Waals surface area contributed by atoms with Crippen LogP contribution in [0.3, 0.4) is 0 Å². The van der Waals surface area contributed by atoms with Gasteiger partial charge in [0.2, 0.25) is 0 Å². The number of nitrogens with one attached hydrogen (secondary N) is 1. The van der Waals surface area contributed by atoms with E-state index in [1.54, 1.807) is 11.3 Å². The van der Waals surface area contributed by atoms with E-state index in [0.29, 0.717) is 6.04 Å². The van der Waals surface area contributed by atoms with E-state index in [4.69, 9.17) is 4.74 Å². The lowest BCUT2D eigenvalue weighted by atomic mass is 10.3. The normalized spacial score (nSPS) is 17.8. The lowest BCUT2D eigenvalue weighted by Crippen LogP contribution is -2.35. The number of thiazole rings is 1. The Labute approximate surface area is 107 Å². The zero-order chi connectivity index (χ0) is 12.1. The van der Waals surface area contributed by atoms with Gasteiger partial charge in [-0.2, -0.15) is 0 Å². The summed E-state index contributed by atoms with van der Waals surface area (Å²) in [7, 11) is 0. The Kier molecular flexibility index (Phi) is 4.91. The molecule has 1 aromatic heterocycles. The molecule has 0 unspecified atom stereocenters. The van der Waals surface area contributed by atoms with Gasteiger partial charge in [-0.3, -0.25) is 4.90 Å². The second kappa shape index (κ2) is 6.44. The number of rotatable bonds is 5. The topological polar surface area (TPSA) is 37.4 Å². The van der Waals surface area contributed by atoms with Gasteiger partial charge < -0.3 is 10.1 Å². The molecule has 5 heteroatoms. The third-order valence-electron chi connectivity index (χ3n) is 2.75. The Morgan fingerprint density at radius 2 is 2.24 bits per heavy atom. The predicted molar refractivity (Wildman–Crippen MR) is 70.2 cm³/mol. The van der Waals surface area contributed by atoms with Crippen LogP contribution >= 0.6 is 11.3 Å². The highest BCUT2D eigenvalue weighted by Gasteiger charge is 2.12. The first-order valence-electron chi connectivity index (χ1n) is 6.21. The maximum atomic E-state index is 5.34. The smallest absolute Gasteiger partial charge is 0.107 e. The van der Waals surface area contributed by atoms with Gasteiger partial charge in [-0.05, 0) is 0 Å². The molecule has 1 saturated heterocycles. The molecule has 0 atom stereocenters. The average molecular weight is 255 g/mol. The van der Waals surface area contributed by atoms with Gasteiger partial charge in [0.1, 0.15) is 5.01 Å². The molecular formula is C12H21N3OS. The minimum absolute atomic E-state index is 0.515. The summed E-state index contributed by atoms with van der Waals surface area (Å²) in [5.74, 6) is 0. The van der Waals surface area contributed by atoms with Crippen molar-refractivity contribution >= 4 is 11.3 Å². The molecule has 0 aliphatic carbocycles. The van der Waals surface area contributed by atoms with Crippen molar-refractivity contribution in [1.29, 1.82) is 0 Å². The van der Waals surface area contributed by atoms with Crippen LogP contribution in [-0.4, -0.2) is 42.2 Å². The molecule has 1 fully saturated rings. The molecule has 1 N–H and O–H groups in total. The van der Waals surface area contributed by atoms with E-state index in [9.17, 15) is 0 Å². The summed E-state index contributed by atoms with van der Waals surface area (Å²) in [5, 5.41) is 6.75. The third kappa shape index (κ3) is 4.35. The van der Waals surface area contributed by atoms with Crippen molar-refractivity contribution in [1.82, 2.24) is 15.2 Å². The first-order valence-corrected chi connectivity index (χ1v) is 7.09. The summed E-state index contributed by atoms with van der Waals surface area (Å²) in [5.41, 5.74) is 1.19. The first kappa shape index (κ1) is 13.0. The van der Waals surface area contributed by atoms with Gasteiger partial charge in [0, 0.05) is 37.6 Å². The molecule has 1 aromatic rings. The van der Waals surface area contributed by atoms with E-state index in [2.05, 4.69) is 34.4 Å². The second-order valence-corrected chi connectivity index (χ2v) is 5.60. The van der Waals surface area contributed by atoms with Gasteiger partial charge in [0.05, 0.1) is 18.9 Å². The van der Waals surface area contributed by atoms with Gasteiger partial charge in [-0.15, -0.1) is 11.3 Å². The average Bonchev–Trinajstić information content (AvgIpc) is 2.75. The molecule has 2 heterocycles. The Morgan fingerprint density at radius 1 is 1.47 bits per heavy atom. The van der Waals surface area contributed by atoms with Crippen LogP contribution in [0.5, 0.6) is 0 Å². The molecule has 1 aliphatic rings. The van der Waals surface area contributed by atoms with Gasteiger partial charge in [-0.25, -0.2) is 4.98 Å². The Morgan fingerprint density at radius 3 is 2.94 bits per heavy atom. The van der Waals surface area contributed by atoms with E-state index in [0.717, 1.165) is 39.4 Å². The lowest BCUT2D eigenvalue weighted by molar-refractivity contribution is 0.0337. The van der Waals surface area contributed by atoms with E-state index < -0.39 is 0 Å². The molecular weight excluding hydrogens is 234 g/mol. The molecule has 1 aliphatic heterocycles. The summed E-state index contributed by atoms with van der Waals surface area (Å²) in [6.45, 7) is 9.91. The molecule has 0 amide bonds. The van der Waals surface area contributed by atoms with E-state index in [1.165, 1.54) is 10.7 Å². The summed E-state index contributed by atoms with van der Waals surface area (Å²) in [4.78, 5) is 7.05. The zero-order valence-electron chi connectivity index (χ0n) is 10.6. The largest absolute Gasteiger partial charge is 0.379 e. The van der Waals surface area contributed by atoms with Crippen molar-refractivity contribution in [2.24, 2.45) is 0 Å². The molecule has 0 aromatic carbocycles. The number of nitrogens with zero attached hydrogens (tertiary/aromatic N) is 2. The summed E-state index contributed by atoms with van der Waals surface area (Å²) < 4.78 is 5.34. The molecule has 0 bridgehead atoms. The summed E-state index contributed by atoms with van der Waals surface area (Å²) >= 11 is 1.75. The van der Waals surface area contributed by atoms with Crippen LogP contribution in [0, 0.1) is 0 Å². The number of ether oxygens (including phenoxy) is 1. The van der Waals surface area contributed by atoms with E-state index in [1.807, 2.05) is 0 Å². The minimum atomic E-state index is 0.515. The predicted octanol–water partition coefficient (Wildman–Crippen LogP) is 1.47. The number of aromatic nitrogens is 1. The lowest BCUT2D eigenvalue weighted by Gasteiger charge is -2.25. The fourth-order valence-corrected chi connectivity index (χ4v) is 2.52.